The molecule has 1 saturated heterocycles. The van der Waals surface area contributed by atoms with Gasteiger partial charge in [0, 0.05) is 59.7 Å². The summed E-state index contributed by atoms with van der Waals surface area (Å²) in [7, 11) is 0. The lowest BCUT2D eigenvalue weighted by Crippen LogP contribution is -2.48. The number of non-ortho nitro benzene ring substituents is 1. The van der Waals surface area contributed by atoms with Gasteiger partial charge in [-0.2, -0.15) is 0 Å². The number of rotatable bonds is 8. The Kier molecular flexibility index (Phi) is 8.41. The van der Waals surface area contributed by atoms with Crippen LogP contribution in [0, 0.1) is 10.1 Å². The Labute approximate surface area is 241 Å². The smallest absolute Gasteiger partial charge is 0.277 e. The minimum atomic E-state index is -0.484. The summed E-state index contributed by atoms with van der Waals surface area (Å²) in [5.41, 5.74) is 2.86. The second kappa shape index (κ2) is 12.3. The molecule has 1 aromatic heterocycles. The molecule has 0 saturated carbocycles. The van der Waals surface area contributed by atoms with Gasteiger partial charge in [0.1, 0.15) is 0 Å². The predicted molar refractivity (Wildman–Crippen MR) is 154 cm³/mol. The van der Waals surface area contributed by atoms with E-state index < -0.39 is 4.92 Å². The highest BCUT2D eigenvalue weighted by Crippen LogP contribution is 2.26. The monoisotopic (exact) mass is 622 g/mol. The summed E-state index contributed by atoms with van der Waals surface area (Å²) in [4.78, 5) is 39.7. The molecule has 0 atom stereocenters. The second-order valence-electron chi connectivity index (χ2n) is 8.82. The molecule has 1 fully saturated rings. The number of carbonyl (C=O) groups is 2. The van der Waals surface area contributed by atoms with Crippen LogP contribution in [0.3, 0.4) is 0 Å². The second-order valence-corrected chi connectivity index (χ2v) is 10.6. The fraction of sp³-hybridized carbons (Fsp3) is 0.185. The summed E-state index contributed by atoms with van der Waals surface area (Å²) in [5.74, 6) is 0.0710. The van der Waals surface area contributed by atoms with E-state index in [2.05, 4.69) is 36.3 Å². The number of nitrogens with zero attached hydrogens (tertiary/aromatic N) is 5. The molecule has 204 valence electrons. The lowest BCUT2D eigenvalue weighted by Gasteiger charge is -2.36. The number of nitrogens with one attached hydrogen (secondary N) is 1. The van der Waals surface area contributed by atoms with Gasteiger partial charge < -0.3 is 19.5 Å². The lowest BCUT2D eigenvalue weighted by molar-refractivity contribution is -0.384. The van der Waals surface area contributed by atoms with Crippen LogP contribution < -0.4 is 10.2 Å². The number of hydrogen-bond acceptors (Lipinski definition) is 9. The highest BCUT2D eigenvalue weighted by atomic mass is 79.9. The minimum absolute atomic E-state index is 0.0196. The Morgan fingerprint density at radius 3 is 2.35 bits per heavy atom. The number of benzene rings is 3. The van der Waals surface area contributed by atoms with E-state index in [1.165, 1.54) is 24.3 Å². The first-order valence-electron chi connectivity index (χ1n) is 12.3. The number of nitro groups is 1. The normalized spacial score (nSPS) is 13.2. The van der Waals surface area contributed by atoms with Crippen molar-refractivity contribution in [1.29, 1.82) is 0 Å². The molecule has 13 heteroatoms. The van der Waals surface area contributed by atoms with Crippen molar-refractivity contribution in [2.75, 3.05) is 42.1 Å². The number of thioether (sulfide) groups is 1. The topological polar surface area (TPSA) is 135 Å². The Hall–Kier alpha value is -4.23. The fourth-order valence-corrected chi connectivity index (χ4v) is 5.18. The Morgan fingerprint density at radius 2 is 1.68 bits per heavy atom. The summed E-state index contributed by atoms with van der Waals surface area (Å²) in [6.45, 7) is 2.67. The van der Waals surface area contributed by atoms with Gasteiger partial charge in [0.15, 0.2) is 0 Å². The number of carbonyl (C=O) groups excluding carboxylic acids is 2. The molecule has 0 radical (unpaired) electrons. The van der Waals surface area contributed by atoms with E-state index in [1.54, 1.807) is 0 Å². The zero-order valence-electron chi connectivity index (χ0n) is 21.0. The van der Waals surface area contributed by atoms with Crippen LogP contribution in [0.25, 0.3) is 11.5 Å². The van der Waals surface area contributed by atoms with E-state index in [0.717, 1.165) is 21.9 Å². The summed E-state index contributed by atoms with van der Waals surface area (Å²) < 4.78 is 6.36. The molecule has 0 aliphatic carbocycles. The molecule has 1 aliphatic rings. The Bertz CT molecular complexity index is 1520. The largest absolute Gasteiger partial charge is 0.411 e. The van der Waals surface area contributed by atoms with Gasteiger partial charge in [0.05, 0.1) is 16.2 Å². The van der Waals surface area contributed by atoms with Crippen molar-refractivity contribution in [3.05, 3.63) is 92.9 Å². The number of anilines is 2. The third-order valence-corrected chi connectivity index (χ3v) is 7.76. The van der Waals surface area contributed by atoms with Crippen molar-refractivity contribution < 1.29 is 18.9 Å². The van der Waals surface area contributed by atoms with Gasteiger partial charge in [-0.25, -0.2) is 0 Å². The summed E-state index contributed by atoms with van der Waals surface area (Å²) in [6, 6.07) is 20.8. The van der Waals surface area contributed by atoms with Crippen LogP contribution in [0.5, 0.6) is 0 Å². The lowest BCUT2D eigenvalue weighted by atomic mass is 10.1. The molecule has 0 spiro atoms. The van der Waals surface area contributed by atoms with Gasteiger partial charge >= 0.3 is 0 Å². The van der Waals surface area contributed by atoms with Crippen LogP contribution in [0.4, 0.5) is 17.1 Å². The maximum atomic E-state index is 12.9. The first-order chi connectivity index (χ1) is 19.4. The van der Waals surface area contributed by atoms with Gasteiger partial charge in [0.25, 0.3) is 16.8 Å². The molecular weight excluding hydrogens is 600 g/mol. The van der Waals surface area contributed by atoms with Gasteiger partial charge in [-0.3, -0.25) is 19.7 Å². The third kappa shape index (κ3) is 6.49. The van der Waals surface area contributed by atoms with Crippen LogP contribution >= 0.6 is 27.7 Å². The summed E-state index contributed by atoms with van der Waals surface area (Å²) in [6.07, 6.45) is 0. The molecule has 11 nitrogen and oxygen atoms in total. The standard InChI is InChI=1S/C27H23BrN6O5S/c28-23-4-2-1-3-22(23)26(36)33-15-13-32(14-16-33)20-11-7-19(8-12-20)29-24(35)17-40-27-31-30-25(39-27)18-5-9-21(10-6-18)34(37)38/h1-12H,13-17H2,(H,29,35). The Balaban J connectivity index is 1.09. The van der Waals surface area contributed by atoms with E-state index in [9.17, 15) is 19.7 Å². The highest BCUT2D eigenvalue weighted by molar-refractivity contribution is 9.10. The first-order valence-corrected chi connectivity index (χ1v) is 14.0. The Morgan fingerprint density at radius 1 is 0.975 bits per heavy atom. The van der Waals surface area contributed by atoms with Crippen molar-refractivity contribution in [3.8, 4) is 11.5 Å². The average Bonchev–Trinajstić information content (AvgIpc) is 3.46. The molecular formula is C27H23BrN6O5S. The van der Waals surface area contributed by atoms with Crippen LogP contribution in [0.15, 0.2) is 86.9 Å². The molecule has 2 heterocycles. The van der Waals surface area contributed by atoms with Crippen LogP contribution in [-0.4, -0.2) is 63.8 Å². The number of nitro benzene ring substituents is 1. The molecule has 3 aromatic carbocycles. The zero-order chi connectivity index (χ0) is 28.1. The highest BCUT2D eigenvalue weighted by Gasteiger charge is 2.23. The van der Waals surface area contributed by atoms with E-state index in [-0.39, 0.29) is 34.4 Å². The summed E-state index contributed by atoms with van der Waals surface area (Å²) >= 11 is 4.55. The quantitative estimate of drug-likeness (QED) is 0.162. The fourth-order valence-electron chi connectivity index (χ4n) is 4.16. The van der Waals surface area contributed by atoms with Crippen LogP contribution in [0.1, 0.15) is 10.4 Å². The number of halogens is 1. The maximum Gasteiger partial charge on any atom is 0.277 e. The van der Waals surface area contributed by atoms with E-state index in [0.29, 0.717) is 43.0 Å². The zero-order valence-corrected chi connectivity index (χ0v) is 23.4. The molecule has 0 unspecified atom stereocenters. The van der Waals surface area contributed by atoms with E-state index in [4.69, 9.17) is 4.42 Å². The third-order valence-electron chi connectivity index (χ3n) is 6.25. The van der Waals surface area contributed by atoms with E-state index >= 15 is 0 Å². The van der Waals surface area contributed by atoms with Crippen molar-refractivity contribution in [2.24, 2.45) is 0 Å². The van der Waals surface area contributed by atoms with Gasteiger partial charge in [-0.05, 0) is 64.5 Å². The van der Waals surface area contributed by atoms with E-state index in [1.807, 2.05) is 53.4 Å². The van der Waals surface area contributed by atoms with Gasteiger partial charge in [0.2, 0.25) is 11.8 Å². The predicted octanol–water partition coefficient (Wildman–Crippen LogP) is 5.10. The van der Waals surface area contributed by atoms with Crippen molar-refractivity contribution in [2.45, 2.75) is 5.22 Å². The first kappa shape index (κ1) is 27.3. The molecule has 1 N–H and O–H groups in total. The number of aromatic nitrogens is 2. The van der Waals surface area contributed by atoms with Gasteiger partial charge in [-0.15, -0.1) is 10.2 Å². The van der Waals surface area contributed by atoms with Crippen LogP contribution in [0.2, 0.25) is 0 Å². The number of amides is 2. The average molecular weight is 623 g/mol. The molecule has 5 rings (SSSR count). The molecule has 0 bridgehead atoms. The number of hydrogen-bond donors (Lipinski definition) is 1. The molecule has 1 aliphatic heterocycles. The maximum absolute atomic E-state index is 12.9. The molecule has 40 heavy (non-hydrogen) atoms. The van der Waals surface area contributed by atoms with Crippen molar-refractivity contribution in [1.82, 2.24) is 15.1 Å². The van der Waals surface area contributed by atoms with Crippen molar-refractivity contribution >= 4 is 56.6 Å². The summed E-state index contributed by atoms with van der Waals surface area (Å²) in [5, 5.41) is 21.7. The van der Waals surface area contributed by atoms with Crippen LogP contribution in [-0.2, 0) is 4.79 Å². The molecule has 2 amide bonds. The van der Waals surface area contributed by atoms with Crippen molar-refractivity contribution in [3.63, 3.8) is 0 Å². The minimum Gasteiger partial charge on any atom is -0.411 e. The number of piperazine rings is 1. The van der Waals surface area contributed by atoms with Gasteiger partial charge in [-0.1, -0.05) is 23.9 Å². The SMILES string of the molecule is O=C(CSc1nnc(-c2ccc([N+](=O)[O-])cc2)o1)Nc1ccc(N2CCN(C(=O)c3ccccc3Br)CC2)cc1. The molecule has 4 aromatic rings.